The second kappa shape index (κ2) is 5.50. The summed E-state index contributed by atoms with van der Waals surface area (Å²) < 4.78 is 0. The van der Waals surface area contributed by atoms with Crippen LogP contribution in [-0.4, -0.2) is 18.1 Å². The summed E-state index contributed by atoms with van der Waals surface area (Å²) in [5, 5.41) is 0. The fraction of sp³-hybridized carbons (Fsp3) is 0.643. The average Bonchev–Trinajstić information content (AvgIpc) is 2.57. The van der Waals surface area contributed by atoms with Crippen molar-refractivity contribution in [3.8, 4) is 0 Å². The molecule has 1 aliphatic rings. The summed E-state index contributed by atoms with van der Waals surface area (Å²) in [4.78, 5) is 7.03. The number of rotatable bonds is 2. The van der Waals surface area contributed by atoms with Crippen LogP contribution < -0.4 is 10.6 Å². The van der Waals surface area contributed by atoms with E-state index in [1.807, 2.05) is 13.1 Å². The smallest absolute Gasteiger partial charge is 0.131 e. The van der Waals surface area contributed by atoms with Crippen LogP contribution in [0.15, 0.2) is 12.3 Å². The minimum atomic E-state index is 0.0689. The van der Waals surface area contributed by atoms with Crippen molar-refractivity contribution in [2.75, 3.05) is 18.0 Å². The van der Waals surface area contributed by atoms with Gasteiger partial charge in [-0.15, -0.1) is 0 Å². The summed E-state index contributed by atoms with van der Waals surface area (Å²) >= 11 is 0. The summed E-state index contributed by atoms with van der Waals surface area (Å²) in [6.45, 7) is 6.43. The number of hydrogen-bond acceptors (Lipinski definition) is 3. The Balaban J connectivity index is 2.19. The van der Waals surface area contributed by atoms with Gasteiger partial charge in [-0.25, -0.2) is 4.98 Å². The Labute approximate surface area is 104 Å². The molecule has 1 unspecified atom stereocenters. The van der Waals surface area contributed by atoms with Gasteiger partial charge >= 0.3 is 0 Å². The van der Waals surface area contributed by atoms with Crippen molar-refractivity contribution < 1.29 is 0 Å². The van der Waals surface area contributed by atoms with Crippen molar-refractivity contribution in [2.24, 2.45) is 5.73 Å². The number of anilines is 1. The highest BCUT2D eigenvalue weighted by atomic mass is 15.2. The minimum absolute atomic E-state index is 0.0689. The molecule has 3 nitrogen and oxygen atoms in total. The highest BCUT2D eigenvalue weighted by Crippen LogP contribution is 2.23. The first-order chi connectivity index (χ1) is 8.18. The number of pyridine rings is 1. The van der Waals surface area contributed by atoms with Crippen LogP contribution in [0, 0.1) is 6.92 Å². The summed E-state index contributed by atoms with van der Waals surface area (Å²) in [5.41, 5.74) is 8.26. The van der Waals surface area contributed by atoms with E-state index in [1.54, 1.807) is 0 Å². The third kappa shape index (κ3) is 2.97. The zero-order valence-electron chi connectivity index (χ0n) is 10.9. The van der Waals surface area contributed by atoms with E-state index in [2.05, 4.69) is 22.9 Å². The first-order valence-electron chi connectivity index (χ1n) is 6.65. The molecule has 2 rings (SSSR count). The Bertz CT molecular complexity index is 366. The van der Waals surface area contributed by atoms with Crippen molar-refractivity contribution >= 4 is 5.82 Å². The average molecular weight is 233 g/mol. The Hall–Kier alpha value is -1.09. The molecular weight excluding hydrogens is 210 g/mol. The van der Waals surface area contributed by atoms with E-state index in [1.165, 1.54) is 31.2 Å². The van der Waals surface area contributed by atoms with Gasteiger partial charge in [0.2, 0.25) is 0 Å². The van der Waals surface area contributed by atoms with Crippen molar-refractivity contribution in [1.29, 1.82) is 0 Å². The van der Waals surface area contributed by atoms with E-state index in [4.69, 9.17) is 5.73 Å². The lowest BCUT2D eigenvalue weighted by molar-refractivity contribution is 0.726. The van der Waals surface area contributed by atoms with E-state index in [0.29, 0.717) is 0 Å². The van der Waals surface area contributed by atoms with Gasteiger partial charge in [-0.2, -0.15) is 0 Å². The molecule has 1 aliphatic heterocycles. The van der Waals surface area contributed by atoms with Gasteiger partial charge in [0.05, 0.1) is 0 Å². The zero-order valence-corrected chi connectivity index (χ0v) is 10.9. The van der Waals surface area contributed by atoms with Crippen LogP contribution in [0.2, 0.25) is 0 Å². The van der Waals surface area contributed by atoms with Crippen LogP contribution in [-0.2, 0) is 0 Å². The molecule has 2 heterocycles. The molecule has 3 heteroatoms. The summed E-state index contributed by atoms with van der Waals surface area (Å²) in [6.07, 6.45) is 7.21. The lowest BCUT2D eigenvalue weighted by Crippen LogP contribution is -2.26. The van der Waals surface area contributed by atoms with Gasteiger partial charge in [0.1, 0.15) is 5.82 Å². The second-order valence-electron chi connectivity index (χ2n) is 5.10. The van der Waals surface area contributed by atoms with Gasteiger partial charge in [-0.3, -0.25) is 0 Å². The number of nitrogens with two attached hydrogens (primary N) is 1. The van der Waals surface area contributed by atoms with Crippen molar-refractivity contribution in [3.05, 3.63) is 23.4 Å². The molecule has 0 bridgehead atoms. The van der Waals surface area contributed by atoms with Gasteiger partial charge in [0.15, 0.2) is 0 Å². The molecule has 0 aromatic carbocycles. The molecule has 17 heavy (non-hydrogen) atoms. The molecule has 0 spiro atoms. The lowest BCUT2D eigenvalue weighted by atomic mass is 10.1. The lowest BCUT2D eigenvalue weighted by Gasteiger charge is -2.23. The van der Waals surface area contributed by atoms with Crippen LogP contribution >= 0.6 is 0 Å². The molecule has 2 N–H and O–H groups in total. The quantitative estimate of drug-likeness (QED) is 0.854. The minimum Gasteiger partial charge on any atom is -0.356 e. The Morgan fingerprint density at radius 1 is 1.24 bits per heavy atom. The standard InChI is InChI=1S/C14H23N3/c1-11-9-13(12(2)15)10-16-14(11)17-7-5-3-4-6-8-17/h9-10,12H,3-8,15H2,1-2H3. The number of aryl methyl sites for hydroxylation is 1. The van der Waals surface area contributed by atoms with Crippen molar-refractivity contribution in [1.82, 2.24) is 4.98 Å². The third-order valence-electron chi connectivity index (χ3n) is 3.50. The zero-order chi connectivity index (χ0) is 12.3. The molecule has 1 atom stereocenters. The fourth-order valence-electron chi connectivity index (χ4n) is 2.45. The molecule has 0 radical (unpaired) electrons. The van der Waals surface area contributed by atoms with Crippen LogP contribution in [0.3, 0.4) is 0 Å². The van der Waals surface area contributed by atoms with E-state index >= 15 is 0 Å². The molecule has 1 saturated heterocycles. The first-order valence-corrected chi connectivity index (χ1v) is 6.65. The monoisotopic (exact) mass is 233 g/mol. The molecule has 0 amide bonds. The predicted molar refractivity (Wildman–Crippen MR) is 72.3 cm³/mol. The number of nitrogens with zero attached hydrogens (tertiary/aromatic N) is 2. The van der Waals surface area contributed by atoms with Crippen molar-refractivity contribution in [3.63, 3.8) is 0 Å². The second-order valence-corrected chi connectivity index (χ2v) is 5.10. The van der Waals surface area contributed by atoms with Gasteiger partial charge < -0.3 is 10.6 Å². The van der Waals surface area contributed by atoms with E-state index in [9.17, 15) is 0 Å². The number of aromatic nitrogens is 1. The van der Waals surface area contributed by atoms with Crippen molar-refractivity contribution in [2.45, 2.75) is 45.6 Å². The van der Waals surface area contributed by atoms with Crippen LogP contribution in [0.5, 0.6) is 0 Å². The SMILES string of the molecule is Cc1cc(C(C)N)cnc1N1CCCCCC1. The van der Waals surface area contributed by atoms with Gasteiger partial charge in [-0.05, 0) is 43.9 Å². The summed E-state index contributed by atoms with van der Waals surface area (Å²) in [6, 6.07) is 2.25. The Morgan fingerprint density at radius 3 is 2.41 bits per heavy atom. The predicted octanol–water partition coefficient (Wildman–Crippen LogP) is 2.79. The maximum Gasteiger partial charge on any atom is 0.131 e. The highest BCUT2D eigenvalue weighted by Gasteiger charge is 2.14. The van der Waals surface area contributed by atoms with Gasteiger partial charge in [0.25, 0.3) is 0 Å². The highest BCUT2D eigenvalue weighted by molar-refractivity contribution is 5.47. The third-order valence-corrected chi connectivity index (χ3v) is 3.50. The van der Waals surface area contributed by atoms with Crippen LogP contribution in [0.4, 0.5) is 5.82 Å². The maximum absolute atomic E-state index is 5.88. The molecule has 1 fully saturated rings. The molecule has 0 aliphatic carbocycles. The van der Waals surface area contributed by atoms with Crippen LogP contribution in [0.25, 0.3) is 0 Å². The maximum atomic E-state index is 5.88. The Kier molecular flexibility index (Phi) is 4.00. The van der Waals surface area contributed by atoms with E-state index < -0.39 is 0 Å². The molecule has 1 aromatic heterocycles. The molecule has 0 saturated carbocycles. The Morgan fingerprint density at radius 2 is 1.88 bits per heavy atom. The molecule has 1 aromatic rings. The van der Waals surface area contributed by atoms with Crippen LogP contribution in [0.1, 0.15) is 49.8 Å². The molecule has 94 valence electrons. The molecular formula is C14H23N3. The van der Waals surface area contributed by atoms with E-state index in [-0.39, 0.29) is 6.04 Å². The summed E-state index contributed by atoms with van der Waals surface area (Å²) in [5.74, 6) is 1.15. The summed E-state index contributed by atoms with van der Waals surface area (Å²) in [7, 11) is 0. The normalized spacial score (nSPS) is 18.9. The fourth-order valence-corrected chi connectivity index (χ4v) is 2.45. The largest absolute Gasteiger partial charge is 0.356 e. The van der Waals surface area contributed by atoms with Gasteiger partial charge in [-0.1, -0.05) is 12.8 Å². The van der Waals surface area contributed by atoms with Gasteiger partial charge in [0, 0.05) is 25.3 Å². The number of hydrogen-bond donors (Lipinski definition) is 1. The first kappa shape index (κ1) is 12.4. The van der Waals surface area contributed by atoms with E-state index in [0.717, 1.165) is 24.5 Å². The topological polar surface area (TPSA) is 42.1 Å².